The van der Waals surface area contributed by atoms with Crippen molar-refractivity contribution in [3.63, 3.8) is 0 Å². The first kappa shape index (κ1) is 18.3. The van der Waals surface area contributed by atoms with E-state index >= 15 is 0 Å². The highest BCUT2D eigenvalue weighted by Gasteiger charge is 2.35. The van der Waals surface area contributed by atoms with Gasteiger partial charge < -0.3 is 4.74 Å². The van der Waals surface area contributed by atoms with Gasteiger partial charge in [0.15, 0.2) is 0 Å². The number of hydrogen-bond acceptors (Lipinski definition) is 3. The number of nitrogens with one attached hydrogen (secondary N) is 1. The van der Waals surface area contributed by atoms with E-state index in [1.165, 1.54) is 35.3 Å². The molecule has 0 unspecified atom stereocenters. The molecule has 0 bridgehead atoms. The molecule has 0 fully saturated rings. The van der Waals surface area contributed by atoms with Gasteiger partial charge in [0.25, 0.3) is 0 Å². The van der Waals surface area contributed by atoms with Crippen LogP contribution in [-0.4, -0.2) is 18.4 Å². The first-order valence-electron chi connectivity index (χ1n) is 9.34. The van der Waals surface area contributed by atoms with Crippen molar-refractivity contribution in [2.45, 2.75) is 56.0 Å². The largest absolute Gasteiger partial charge is 0.497 e. The second-order valence-electron chi connectivity index (χ2n) is 6.92. The normalized spacial score (nSPS) is 22.9. The van der Waals surface area contributed by atoms with Crippen molar-refractivity contribution in [2.24, 2.45) is 0 Å². The molecule has 0 amide bonds. The molecular formula is C22H29NOS. The van der Waals surface area contributed by atoms with Gasteiger partial charge in [-0.15, -0.1) is 11.8 Å². The fraction of sp³-hybridized carbons (Fsp3) is 0.455. The van der Waals surface area contributed by atoms with E-state index in [9.17, 15) is 0 Å². The van der Waals surface area contributed by atoms with Crippen LogP contribution in [-0.2, 0) is 0 Å². The number of unbranched alkanes of at least 4 members (excludes halogenated alkanes) is 1. The Bertz CT molecular complexity index is 688. The number of thioether (sulfide) groups is 1. The molecule has 3 rings (SSSR count). The van der Waals surface area contributed by atoms with Crippen LogP contribution >= 0.6 is 11.8 Å². The highest BCUT2D eigenvalue weighted by atomic mass is 32.2. The Hall–Kier alpha value is -1.45. The molecule has 134 valence electrons. The SMILES string of the molecule is CCCC[C@]1(CC)CSc2ccc(OC)cc2[C@H](c2ccccc2)N1. The molecule has 0 saturated carbocycles. The van der Waals surface area contributed by atoms with Crippen molar-refractivity contribution in [3.05, 3.63) is 59.7 Å². The van der Waals surface area contributed by atoms with Crippen LogP contribution in [0, 0.1) is 0 Å². The minimum atomic E-state index is 0.174. The van der Waals surface area contributed by atoms with Crippen LogP contribution in [0.4, 0.5) is 0 Å². The number of fused-ring (bicyclic) bond motifs is 1. The van der Waals surface area contributed by atoms with Crippen LogP contribution in [0.15, 0.2) is 53.4 Å². The Kier molecular flexibility index (Phi) is 6.08. The van der Waals surface area contributed by atoms with Gasteiger partial charge in [0.05, 0.1) is 13.2 Å². The summed E-state index contributed by atoms with van der Waals surface area (Å²) < 4.78 is 5.51. The summed E-state index contributed by atoms with van der Waals surface area (Å²) in [5.74, 6) is 2.05. The lowest BCUT2D eigenvalue weighted by atomic mass is 9.88. The summed E-state index contributed by atoms with van der Waals surface area (Å²) >= 11 is 1.99. The summed E-state index contributed by atoms with van der Waals surface area (Å²) in [4.78, 5) is 1.37. The fourth-order valence-electron chi connectivity index (χ4n) is 3.60. The molecule has 0 aliphatic carbocycles. The smallest absolute Gasteiger partial charge is 0.119 e. The molecule has 3 heteroatoms. The first-order valence-corrected chi connectivity index (χ1v) is 10.3. The topological polar surface area (TPSA) is 21.3 Å². The van der Waals surface area contributed by atoms with Gasteiger partial charge in [-0.3, -0.25) is 5.32 Å². The van der Waals surface area contributed by atoms with Gasteiger partial charge in [-0.25, -0.2) is 0 Å². The van der Waals surface area contributed by atoms with E-state index in [2.05, 4.69) is 67.7 Å². The molecule has 1 N–H and O–H groups in total. The van der Waals surface area contributed by atoms with Crippen molar-refractivity contribution >= 4 is 11.8 Å². The summed E-state index contributed by atoms with van der Waals surface area (Å²) in [7, 11) is 1.74. The molecule has 2 aromatic rings. The summed E-state index contributed by atoms with van der Waals surface area (Å²) in [5.41, 5.74) is 2.84. The molecule has 2 atom stereocenters. The molecular weight excluding hydrogens is 326 g/mol. The maximum atomic E-state index is 5.51. The Morgan fingerprint density at radius 2 is 1.96 bits per heavy atom. The number of benzene rings is 2. The average molecular weight is 356 g/mol. The molecule has 1 aliphatic rings. The van der Waals surface area contributed by atoms with Crippen LogP contribution in [0.25, 0.3) is 0 Å². The highest BCUT2D eigenvalue weighted by Crippen LogP contribution is 2.42. The van der Waals surface area contributed by atoms with Crippen molar-refractivity contribution in [1.82, 2.24) is 5.32 Å². The van der Waals surface area contributed by atoms with Gasteiger partial charge in [-0.1, -0.05) is 57.0 Å². The van der Waals surface area contributed by atoms with Crippen LogP contribution in [0.5, 0.6) is 5.75 Å². The monoisotopic (exact) mass is 355 g/mol. The van der Waals surface area contributed by atoms with Gasteiger partial charge in [0.2, 0.25) is 0 Å². The third kappa shape index (κ3) is 4.04. The number of rotatable bonds is 6. The lowest BCUT2D eigenvalue weighted by Gasteiger charge is -2.36. The van der Waals surface area contributed by atoms with Gasteiger partial charge in [0, 0.05) is 16.2 Å². The van der Waals surface area contributed by atoms with E-state index in [-0.39, 0.29) is 11.6 Å². The van der Waals surface area contributed by atoms with Crippen molar-refractivity contribution in [2.75, 3.05) is 12.9 Å². The summed E-state index contributed by atoms with van der Waals surface area (Å²) in [5, 5.41) is 4.06. The van der Waals surface area contributed by atoms with E-state index in [0.717, 1.165) is 17.9 Å². The van der Waals surface area contributed by atoms with Crippen LogP contribution in [0.2, 0.25) is 0 Å². The minimum Gasteiger partial charge on any atom is -0.497 e. The van der Waals surface area contributed by atoms with Gasteiger partial charge in [-0.05, 0) is 42.2 Å². The molecule has 2 aromatic carbocycles. The molecule has 25 heavy (non-hydrogen) atoms. The third-order valence-electron chi connectivity index (χ3n) is 5.30. The lowest BCUT2D eigenvalue weighted by molar-refractivity contribution is 0.297. The second kappa shape index (κ2) is 8.29. The molecule has 0 radical (unpaired) electrons. The summed E-state index contributed by atoms with van der Waals surface area (Å²) in [6.45, 7) is 4.60. The zero-order valence-electron chi connectivity index (χ0n) is 15.5. The van der Waals surface area contributed by atoms with E-state index < -0.39 is 0 Å². The predicted molar refractivity (Wildman–Crippen MR) is 108 cm³/mol. The van der Waals surface area contributed by atoms with E-state index in [1.807, 2.05) is 11.8 Å². The predicted octanol–water partition coefficient (Wildman–Crippen LogP) is 5.82. The number of methoxy groups -OCH3 is 1. The highest BCUT2D eigenvalue weighted by molar-refractivity contribution is 7.99. The maximum Gasteiger partial charge on any atom is 0.119 e. The van der Waals surface area contributed by atoms with Gasteiger partial charge in [0.1, 0.15) is 5.75 Å². The van der Waals surface area contributed by atoms with E-state index in [4.69, 9.17) is 4.74 Å². The number of ether oxygens (including phenoxy) is 1. The van der Waals surface area contributed by atoms with E-state index in [0.29, 0.717) is 0 Å². The standard InChI is InChI=1S/C22H29NOS/c1-4-6-14-22(5-2)16-25-20-13-12-18(24-3)15-19(20)21(23-22)17-10-8-7-9-11-17/h7-13,15,21,23H,4-6,14,16H2,1-3H3/t21-,22+/m0/s1. The molecule has 0 saturated heterocycles. The van der Waals surface area contributed by atoms with Crippen molar-refractivity contribution < 1.29 is 4.74 Å². The van der Waals surface area contributed by atoms with E-state index in [1.54, 1.807) is 7.11 Å². The Morgan fingerprint density at radius 3 is 2.64 bits per heavy atom. The quantitative estimate of drug-likeness (QED) is 0.705. The fourth-order valence-corrected chi connectivity index (χ4v) is 4.97. The van der Waals surface area contributed by atoms with Crippen LogP contribution in [0.1, 0.15) is 56.7 Å². The van der Waals surface area contributed by atoms with Gasteiger partial charge >= 0.3 is 0 Å². The Labute approximate surface area is 156 Å². The zero-order chi connectivity index (χ0) is 17.7. The Balaban J connectivity index is 2.05. The molecule has 0 spiro atoms. The third-order valence-corrected chi connectivity index (χ3v) is 6.68. The second-order valence-corrected chi connectivity index (χ2v) is 7.94. The maximum absolute atomic E-state index is 5.51. The summed E-state index contributed by atoms with van der Waals surface area (Å²) in [6.07, 6.45) is 4.88. The first-order chi connectivity index (χ1) is 12.2. The van der Waals surface area contributed by atoms with Gasteiger partial charge in [-0.2, -0.15) is 0 Å². The van der Waals surface area contributed by atoms with Crippen molar-refractivity contribution in [1.29, 1.82) is 0 Å². The lowest BCUT2D eigenvalue weighted by Crippen LogP contribution is -2.48. The van der Waals surface area contributed by atoms with Crippen molar-refractivity contribution in [3.8, 4) is 5.75 Å². The number of hydrogen-bond donors (Lipinski definition) is 1. The van der Waals surface area contributed by atoms with Crippen LogP contribution in [0.3, 0.4) is 0 Å². The molecule has 1 heterocycles. The molecule has 0 aromatic heterocycles. The Morgan fingerprint density at radius 1 is 1.16 bits per heavy atom. The minimum absolute atomic E-state index is 0.174. The van der Waals surface area contributed by atoms with Crippen LogP contribution < -0.4 is 10.1 Å². The molecule has 2 nitrogen and oxygen atoms in total. The molecule has 1 aliphatic heterocycles. The average Bonchev–Trinajstić information content (AvgIpc) is 2.84. The summed E-state index contributed by atoms with van der Waals surface area (Å²) in [6, 6.07) is 17.5. The zero-order valence-corrected chi connectivity index (χ0v) is 16.4.